The second-order valence-electron chi connectivity index (χ2n) is 6.48. The van der Waals surface area contributed by atoms with Gasteiger partial charge in [0, 0.05) is 6.20 Å². The molecule has 0 spiro atoms. The minimum absolute atomic E-state index is 0.240. The first-order valence-electron chi connectivity index (χ1n) is 8.07. The van der Waals surface area contributed by atoms with E-state index >= 15 is 0 Å². The summed E-state index contributed by atoms with van der Waals surface area (Å²) in [5.41, 5.74) is 0.960. The Balaban J connectivity index is 2.21. The summed E-state index contributed by atoms with van der Waals surface area (Å²) in [6.07, 6.45) is 6.59. The van der Waals surface area contributed by atoms with E-state index in [-0.39, 0.29) is 6.04 Å². The van der Waals surface area contributed by atoms with Crippen molar-refractivity contribution < 1.29 is 0 Å². The molecule has 1 aliphatic carbocycles. The van der Waals surface area contributed by atoms with E-state index in [2.05, 4.69) is 31.1 Å². The standard InChI is InChI=1S/C17H26Cl2N2/c1-4-7-20-16(13-6-5-11(2)12(3)8-13)17-15(19)9-14(18)10-21-17/h9-13,16,20H,4-8H2,1-3H3. The number of hydrogen-bond donors (Lipinski definition) is 1. The van der Waals surface area contributed by atoms with E-state index < -0.39 is 0 Å². The molecular weight excluding hydrogens is 303 g/mol. The predicted molar refractivity (Wildman–Crippen MR) is 91.0 cm³/mol. The first-order valence-corrected chi connectivity index (χ1v) is 8.82. The quantitative estimate of drug-likeness (QED) is 0.771. The lowest BCUT2D eigenvalue weighted by atomic mass is 9.72. The van der Waals surface area contributed by atoms with E-state index in [0.29, 0.717) is 16.0 Å². The minimum atomic E-state index is 0.240. The predicted octanol–water partition coefficient (Wildman–Crippen LogP) is 5.50. The SMILES string of the molecule is CCCNC(c1ncc(Cl)cc1Cl)C1CCC(C)C(C)C1. The van der Waals surface area contributed by atoms with E-state index in [1.165, 1.54) is 19.3 Å². The van der Waals surface area contributed by atoms with Gasteiger partial charge in [-0.15, -0.1) is 0 Å². The van der Waals surface area contributed by atoms with Gasteiger partial charge < -0.3 is 5.32 Å². The lowest BCUT2D eigenvalue weighted by Crippen LogP contribution is -2.34. The molecule has 1 aromatic heterocycles. The van der Waals surface area contributed by atoms with Crippen LogP contribution in [-0.4, -0.2) is 11.5 Å². The molecule has 0 bridgehead atoms. The average Bonchev–Trinajstić information content (AvgIpc) is 2.44. The van der Waals surface area contributed by atoms with Crippen LogP contribution in [0.25, 0.3) is 0 Å². The van der Waals surface area contributed by atoms with Gasteiger partial charge in [0.25, 0.3) is 0 Å². The van der Waals surface area contributed by atoms with Crippen LogP contribution in [0.3, 0.4) is 0 Å². The molecule has 1 saturated carbocycles. The zero-order valence-corrected chi connectivity index (χ0v) is 14.7. The molecule has 4 heteroatoms. The molecule has 0 amide bonds. The van der Waals surface area contributed by atoms with Crippen LogP contribution in [0, 0.1) is 17.8 Å². The zero-order valence-electron chi connectivity index (χ0n) is 13.2. The van der Waals surface area contributed by atoms with E-state index in [1.807, 2.05) is 0 Å². The maximum Gasteiger partial charge on any atom is 0.0762 e. The van der Waals surface area contributed by atoms with Crippen LogP contribution < -0.4 is 5.32 Å². The molecular formula is C17H26Cl2N2. The largest absolute Gasteiger partial charge is 0.308 e. The molecule has 0 aliphatic heterocycles. The first kappa shape index (κ1) is 17.1. The van der Waals surface area contributed by atoms with Crippen molar-refractivity contribution in [2.24, 2.45) is 17.8 Å². The maximum atomic E-state index is 6.40. The molecule has 1 aliphatic rings. The molecule has 0 saturated heterocycles. The molecule has 1 N–H and O–H groups in total. The van der Waals surface area contributed by atoms with Crippen LogP contribution >= 0.6 is 23.2 Å². The number of rotatable bonds is 5. The van der Waals surface area contributed by atoms with Crippen molar-refractivity contribution in [3.8, 4) is 0 Å². The second kappa shape index (κ2) is 7.80. The lowest BCUT2D eigenvalue weighted by molar-refractivity contribution is 0.169. The van der Waals surface area contributed by atoms with Gasteiger partial charge in [-0.3, -0.25) is 4.98 Å². The maximum absolute atomic E-state index is 6.40. The zero-order chi connectivity index (χ0) is 15.4. The van der Waals surface area contributed by atoms with Gasteiger partial charge in [0.1, 0.15) is 0 Å². The smallest absolute Gasteiger partial charge is 0.0762 e. The summed E-state index contributed by atoms with van der Waals surface area (Å²) < 4.78 is 0. The van der Waals surface area contributed by atoms with Crippen molar-refractivity contribution in [1.29, 1.82) is 0 Å². The van der Waals surface area contributed by atoms with Crippen LogP contribution in [0.1, 0.15) is 58.2 Å². The number of nitrogens with zero attached hydrogens (tertiary/aromatic N) is 1. The highest BCUT2D eigenvalue weighted by Crippen LogP contribution is 2.41. The molecule has 2 rings (SSSR count). The Bertz CT molecular complexity index is 464. The summed E-state index contributed by atoms with van der Waals surface area (Å²) in [5.74, 6) is 2.19. The van der Waals surface area contributed by atoms with Gasteiger partial charge in [-0.25, -0.2) is 0 Å². The fourth-order valence-electron chi connectivity index (χ4n) is 3.33. The van der Waals surface area contributed by atoms with Crippen molar-refractivity contribution in [1.82, 2.24) is 10.3 Å². The number of hydrogen-bond acceptors (Lipinski definition) is 2. The third-order valence-corrected chi connectivity index (χ3v) is 5.36. The fourth-order valence-corrected chi connectivity index (χ4v) is 3.83. The van der Waals surface area contributed by atoms with Gasteiger partial charge in [-0.1, -0.05) is 50.4 Å². The van der Waals surface area contributed by atoms with E-state index in [4.69, 9.17) is 23.2 Å². The third-order valence-electron chi connectivity index (χ3n) is 4.86. The highest BCUT2D eigenvalue weighted by atomic mass is 35.5. The van der Waals surface area contributed by atoms with Gasteiger partial charge >= 0.3 is 0 Å². The van der Waals surface area contributed by atoms with E-state index in [1.54, 1.807) is 12.3 Å². The molecule has 1 aromatic rings. The molecule has 21 heavy (non-hydrogen) atoms. The van der Waals surface area contributed by atoms with Crippen LogP contribution in [0.2, 0.25) is 10.0 Å². The molecule has 0 radical (unpaired) electrons. The highest BCUT2D eigenvalue weighted by Gasteiger charge is 2.32. The van der Waals surface area contributed by atoms with Crippen molar-refractivity contribution in [3.63, 3.8) is 0 Å². The Kier molecular flexibility index (Phi) is 6.34. The summed E-state index contributed by atoms with van der Waals surface area (Å²) >= 11 is 12.4. The van der Waals surface area contributed by atoms with Crippen molar-refractivity contribution in [2.75, 3.05) is 6.54 Å². The summed E-state index contributed by atoms with van der Waals surface area (Å²) in [6, 6.07) is 2.05. The van der Waals surface area contributed by atoms with Crippen molar-refractivity contribution >= 4 is 23.2 Å². The Labute approximate surface area is 138 Å². The topological polar surface area (TPSA) is 24.9 Å². The summed E-state index contributed by atoms with van der Waals surface area (Å²) in [4.78, 5) is 4.52. The van der Waals surface area contributed by atoms with Gasteiger partial charge in [-0.2, -0.15) is 0 Å². The fraction of sp³-hybridized carbons (Fsp3) is 0.706. The van der Waals surface area contributed by atoms with Crippen molar-refractivity contribution in [2.45, 2.75) is 52.5 Å². The van der Waals surface area contributed by atoms with Crippen LogP contribution in [0.5, 0.6) is 0 Å². The lowest BCUT2D eigenvalue weighted by Gasteiger charge is -2.37. The second-order valence-corrected chi connectivity index (χ2v) is 7.32. The van der Waals surface area contributed by atoms with Gasteiger partial charge in [0.2, 0.25) is 0 Å². The molecule has 4 unspecified atom stereocenters. The van der Waals surface area contributed by atoms with E-state index in [0.717, 1.165) is 30.5 Å². The first-order chi connectivity index (χ1) is 10.0. The third kappa shape index (κ3) is 4.34. The average molecular weight is 329 g/mol. The van der Waals surface area contributed by atoms with Gasteiger partial charge in [0.15, 0.2) is 0 Å². The molecule has 4 atom stereocenters. The molecule has 118 valence electrons. The molecule has 0 aromatic carbocycles. The molecule has 1 heterocycles. The van der Waals surface area contributed by atoms with Crippen LogP contribution in [-0.2, 0) is 0 Å². The monoisotopic (exact) mass is 328 g/mol. The number of pyridine rings is 1. The minimum Gasteiger partial charge on any atom is -0.308 e. The van der Waals surface area contributed by atoms with Crippen LogP contribution in [0.4, 0.5) is 0 Å². The van der Waals surface area contributed by atoms with Gasteiger partial charge in [0.05, 0.1) is 21.8 Å². The number of nitrogens with one attached hydrogen (secondary N) is 1. The molecule has 2 nitrogen and oxygen atoms in total. The Morgan fingerprint density at radius 2 is 2.05 bits per heavy atom. The number of halogens is 2. The normalized spacial score (nSPS) is 27.6. The molecule has 1 fully saturated rings. The van der Waals surface area contributed by atoms with E-state index in [9.17, 15) is 0 Å². The number of aromatic nitrogens is 1. The van der Waals surface area contributed by atoms with Gasteiger partial charge in [-0.05, 0) is 49.6 Å². The summed E-state index contributed by atoms with van der Waals surface area (Å²) in [7, 11) is 0. The van der Waals surface area contributed by atoms with Crippen LogP contribution in [0.15, 0.2) is 12.3 Å². The Morgan fingerprint density at radius 3 is 2.67 bits per heavy atom. The Morgan fingerprint density at radius 1 is 1.29 bits per heavy atom. The Hall–Kier alpha value is -0.310. The summed E-state index contributed by atoms with van der Waals surface area (Å²) in [6.45, 7) is 7.91. The van der Waals surface area contributed by atoms with Crippen molar-refractivity contribution in [3.05, 3.63) is 28.0 Å². The summed E-state index contributed by atoms with van der Waals surface area (Å²) in [5, 5.41) is 4.94. The highest BCUT2D eigenvalue weighted by molar-refractivity contribution is 6.34.